The van der Waals surface area contributed by atoms with Crippen molar-refractivity contribution in [2.45, 2.75) is 37.0 Å². The highest BCUT2D eigenvalue weighted by Crippen LogP contribution is 2.32. The fourth-order valence-corrected chi connectivity index (χ4v) is 5.41. The summed E-state index contributed by atoms with van der Waals surface area (Å²) in [4.78, 5) is 21.3. The molecule has 2 aliphatic heterocycles. The van der Waals surface area contributed by atoms with Crippen LogP contribution in [0.4, 0.5) is 11.6 Å². The SMILES string of the molecule is OC[C@H]1OC(n2cnc3c(N[C@H]4CCN(c5ccc(-c6cccs6)cn5)C4)ncnc32)[C@@H](O)[C@H]1O. The molecule has 4 N–H and O–H groups in total. The van der Waals surface area contributed by atoms with E-state index in [0.717, 1.165) is 30.9 Å². The van der Waals surface area contributed by atoms with E-state index in [-0.39, 0.29) is 6.04 Å². The second-order valence-corrected chi connectivity index (χ2v) is 9.68. The molecule has 0 saturated carbocycles. The maximum absolute atomic E-state index is 10.4. The number of aliphatic hydroxyl groups is 3. The van der Waals surface area contributed by atoms with Crippen LogP contribution in [0.1, 0.15) is 12.6 Å². The van der Waals surface area contributed by atoms with Crippen LogP contribution in [-0.4, -0.2) is 83.9 Å². The number of ether oxygens (including phenoxy) is 1. The summed E-state index contributed by atoms with van der Waals surface area (Å²) in [6, 6.07) is 8.44. The second kappa shape index (κ2) is 9.13. The number of nitrogens with zero attached hydrogens (tertiary/aromatic N) is 6. The molecule has 2 saturated heterocycles. The van der Waals surface area contributed by atoms with Crippen LogP contribution in [0.15, 0.2) is 48.5 Å². The average molecular weight is 496 g/mol. The van der Waals surface area contributed by atoms with Crippen LogP contribution in [0.3, 0.4) is 0 Å². The third-order valence-corrected chi connectivity index (χ3v) is 7.48. The highest BCUT2D eigenvalue weighted by Gasteiger charge is 2.44. The highest BCUT2D eigenvalue weighted by atomic mass is 32.1. The van der Waals surface area contributed by atoms with E-state index in [0.29, 0.717) is 17.0 Å². The first-order valence-corrected chi connectivity index (χ1v) is 12.3. The first-order valence-electron chi connectivity index (χ1n) is 11.4. The third kappa shape index (κ3) is 4.02. The Hall–Kier alpha value is -3.16. The summed E-state index contributed by atoms with van der Waals surface area (Å²) < 4.78 is 7.20. The molecule has 4 aromatic rings. The summed E-state index contributed by atoms with van der Waals surface area (Å²) in [5, 5.41) is 35.4. The fraction of sp³-hybridized carbons (Fsp3) is 0.391. The van der Waals surface area contributed by atoms with Crippen molar-refractivity contribution in [1.29, 1.82) is 0 Å². The smallest absolute Gasteiger partial charge is 0.167 e. The van der Waals surface area contributed by atoms with Crippen molar-refractivity contribution in [2.24, 2.45) is 0 Å². The van der Waals surface area contributed by atoms with Gasteiger partial charge in [-0.3, -0.25) is 4.57 Å². The van der Waals surface area contributed by atoms with Crippen LogP contribution in [0.25, 0.3) is 21.6 Å². The van der Waals surface area contributed by atoms with E-state index < -0.39 is 31.1 Å². The van der Waals surface area contributed by atoms with E-state index in [2.05, 4.69) is 53.7 Å². The predicted molar refractivity (Wildman–Crippen MR) is 130 cm³/mol. The molecule has 2 aliphatic rings. The van der Waals surface area contributed by atoms with Gasteiger partial charge in [-0.05, 0) is 30.0 Å². The zero-order valence-electron chi connectivity index (χ0n) is 18.7. The second-order valence-electron chi connectivity index (χ2n) is 8.73. The Balaban J connectivity index is 1.17. The van der Waals surface area contributed by atoms with Gasteiger partial charge in [0.05, 0.1) is 12.9 Å². The van der Waals surface area contributed by atoms with Gasteiger partial charge < -0.3 is 30.3 Å². The number of hydrogen-bond acceptors (Lipinski definition) is 11. The minimum Gasteiger partial charge on any atom is -0.394 e. The Morgan fingerprint density at radius 3 is 2.77 bits per heavy atom. The lowest BCUT2D eigenvalue weighted by Crippen LogP contribution is -2.33. The molecule has 12 heteroatoms. The van der Waals surface area contributed by atoms with Crippen LogP contribution < -0.4 is 10.2 Å². The zero-order valence-corrected chi connectivity index (χ0v) is 19.5. The van der Waals surface area contributed by atoms with Crippen molar-refractivity contribution in [2.75, 3.05) is 29.9 Å². The number of fused-ring (bicyclic) bond motifs is 1. The molecule has 0 spiro atoms. The molecule has 35 heavy (non-hydrogen) atoms. The number of aromatic nitrogens is 5. The van der Waals surface area contributed by atoms with Crippen LogP contribution >= 0.6 is 11.3 Å². The Morgan fingerprint density at radius 1 is 1.11 bits per heavy atom. The normalized spacial score (nSPS) is 26.6. The van der Waals surface area contributed by atoms with Gasteiger partial charge in [0, 0.05) is 35.8 Å². The van der Waals surface area contributed by atoms with E-state index in [1.54, 1.807) is 15.9 Å². The molecule has 0 bridgehead atoms. The Bertz CT molecular complexity index is 1300. The van der Waals surface area contributed by atoms with Crippen molar-refractivity contribution >= 4 is 34.1 Å². The van der Waals surface area contributed by atoms with E-state index in [1.807, 2.05) is 12.3 Å². The van der Waals surface area contributed by atoms with E-state index >= 15 is 0 Å². The zero-order chi connectivity index (χ0) is 23.9. The topological polar surface area (TPSA) is 142 Å². The molecule has 5 atom stereocenters. The largest absolute Gasteiger partial charge is 0.394 e. The van der Waals surface area contributed by atoms with Crippen molar-refractivity contribution in [3.8, 4) is 10.4 Å². The molecule has 0 amide bonds. The summed E-state index contributed by atoms with van der Waals surface area (Å²) in [5.41, 5.74) is 2.13. The molecule has 182 valence electrons. The first kappa shape index (κ1) is 22.3. The number of hydrogen-bond donors (Lipinski definition) is 4. The number of anilines is 2. The van der Waals surface area contributed by atoms with Crippen LogP contribution in [-0.2, 0) is 4.74 Å². The third-order valence-electron chi connectivity index (χ3n) is 6.56. The quantitative estimate of drug-likeness (QED) is 0.309. The number of aliphatic hydroxyl groups excluding tert-OH is 3. The van der Waals surface area contributed by atoms with Gasteiger partial charge in [-0.1, -0.05) is 6.07 Å². The summed E-state index contributed by atoms with van der Waals surface area (Å²) in [7, 11) is 0. The van der Waals surface area contributed by atoms with Gasteiger partial charge in [0.2, 0.25) is 0 Å². The van der Waals surface area contributed by atoms with Crippen LogP contribution in [0, 0.1) is 0 Å². The van der Waals surface area contributed by atoms with E-state index in [4.69, 9.17) is 4.74 Å². The Kier molecular flexibility index (Phi) is 5.82. The van der Waals surface area contributed by atoms with Gasteiger partial charge in [-0.25, -0.2) is 19.9 Å². The van der Waals surface area contributed by atoms with Gasteiger partial charge in [0.25, 0.3) is 0 Å². The van der Waals surface area contributed by atoms with Crippen LogP contribution in [0.5, 0.6) is 0 Å². The van der Waals surface area contributed by atoms with Gasteiger partial charge >= 0.3 is 0 Å². The molecule has 2 fully saturated rings. The molecule has 11 nitrogen and oxygen atoms in total. The molecule has 1 unspecified atom stereocenters. The van der Waals surface area contributed by atoms with E-state index in [1.165, 1.54) is 17.5 Å². The molecule has 0 aliphatic carbocycles. The van der Waals surface area contributed by atoms with Gasteiger partial charge in [0.15, 0.2) is 23.2 Å². The molecule has 6 rings (SSSR count). The lowest BCUT2D eigenvalue weighted by molar-refractivity contribution is -0.0511. The summed E-state index contributed by atoms with van der Waals surface area (Å²) in [5.74, 6) is 1.53. The van der Waals surface area contributed by atoms with Crippen molar-refractivity contribution in [3.63, 3.8) is 0 Å². The number of pyridine rings is 1. The van der Waals surface area contributed by atoms with Crippen molar-refractivity contribution < 1.29 is 20.1 Å². The Labute approximate surface area is 204 Å². The number of rotatable bonds is 6. The maximum atomic E-state index is 10.4. The lowest BCUT2D eigenvalue weighted by Gasteiger charge is -2.19. The molecular weight excluding hydrogens is 470 g/mol. The molecule has 0 radical (unpaired) electrons. The Morgan fingerprint density at radius 2 is 2.03 bits per heavy atom. The van der Waals surface area contributed by atoms with Gasteiger partial charge in [0.1, 0.15) is 30.5 Å². The van der Waals surface area contributed by atoms with E-state index in [9.17, 15) is 15.3 Å². The predicted octanol–water partition coefficient (Wildman–Crippen LogP) is 1.25. The fourth-order valence-electron chi connectivity index (χ4n) is 4.69. The van der Waals surface area contributed by atoms with Crippen molar-refractivity contribution in [3.05, 3.63) is 48.5 Å². The standard InChI is InChI=1S/C23H25N7O4S/c31-10-15-19(32)20(33)23(34-15)30-12-27-18-21(25-11-26-22(18)30)28-14-5-6-29(9-14)17-4-3-13(8-24-17)16-2-1-7-35-16/h1-4,7-8,11-12,14-15,19-20,23,31-33H,5-6,9-10H2,(H,25,26,28)/t14-,15+,19-,20-,23?/m0/s1. The highest BCUT2D eigenvalue weighted by molar-refractivity contribution is 7.13. The average Bonchev–Trinajstić information content (AvgIpc) is 3.68. The minimum atomic E-state index is -1.21. The van der Waals surface area contributed by atoms with Crippen LogP contribution in [0.2, 0.25) is 0 Å². The number of nitrogens with one attached hydrogen (secondary N) is 1. The van der Waals surface area contributed by atoms with Crippen molar-refractivity contribution in [1.82, 2.24) is 24.5 Å². The molecule has 6 heterocycles. The summed E-state index contributed by atoms with van der Waals surface area (Å²) in [6.07, 6.45) is 1.59. The van der Waals surface area contributed by atoms with Gasteiger partial charge in [-0.15, -0.1) is 11.3 Å². The summed E-state index contributed by atoms with van der Waals surface area (Å²) in [6.45, 7) is 1.24. The molecule has 0 aromatic carbocycles. The lowest BCUT2D eigenvalue weighted by atomic mass is 10.1. The maximum Gasteiger partial charge on any atom is 0.167 e. The minimum absolute atomic E-state index is 0.144. The number of imidazole rings is 1. The summed E-state index contributed by atoms with van der Waals surface area (Å²) >= 11 is 1.70. The molecule has 4 aromatic heterocycles. The van der Waals surface area contributed by atoms with Gasteiger partial charge in [-0.2, -0.15) is 0 Å². The monoisotopic (exact) mass is 495 g/mol. The molecular formula is C23H25N7O4S. The first-order chi connectivity index (χ1) is 17.1. The number of thiophene rings is 1.